The molecule has 2 aromatic rings. The minimum absolute atomic E-state index is 0.140. The van der Waals surface area contributed by atoms with Crippen molar-refractivity contribution in [2.45, 2.75) is 13.5 Å². The number of hydrogen-bond donors (Lipinski definition) is 2. The third kappa shape index (κ3) is 4.05. The highest BCUT2D eigenvalue weighted by Crippen LogP contribution is 2.22. The molecule has 6 heteroatoms. The Labute approximate surface area is 132 Å². The Hall–Kier alpha value is -2.40. The third-order valence-corrected chi connectivity index (χ3v) is 3.50. The summed E-state index contributed by atoms with van der Waals surface area (Å²) in [5.74, 6) is -1.92. The van der Waals surface area contributed by atoms with E-state index >= 15 is 0 Å². The fourth-order valence-corrected chi connectivity index (χ4v) is 1.96. The van der Waals surface area contributed by atoms with Gasteiger partial charge in [0.05, 0.1) is 0 Å². The highest BCUT2D eigenvalue weighted by Gasteiger charge is 2.14. The van der Waals surface area contributed by atoms with E-state index in [4.69, 9.17) is 11.6 Å². The summed E-state index contributed by atoms with van der Waals surface area (Å²) in [7, 11) is 0. The van der Waals surface area contributed by atoms with E-state index in [0.29, 0.717) is 21.8 Å². The molecule has 0 aromatic heterocycles. The number of carbonyl (C=O) groups is 2. The number of hydrogen-bond acceptors (Lipinski definition) is 2. The summed E-state index contributed by atoms with van der Waals surface area (Å²) in [6, 6.07) is 10.7. The lowest BCUT2D eigenvalue weighted by Gasteiger charge is -2.09. The molecule has 0 unspecified atom stereocenters. The van der Waals surface area contributed by atoms with Gasteiger partial charge in [-0.05, 0) is 42.3 Å². The molecule has 4 nitrogen and oxygen atoms in total. The molecule has 0 saturated heterocycles. The van der Waals surface area contributed by atoms with Crippen LogP contribution in [-0.4, -0.2) is 11.8 Å². The average Bonchev–Trinajstić information content (AvgIpc) is 2.51. The Morgan fingerprint density at radius 2 is 1.77 bits per heavy atom. The lowest BCUT2D eigenvalue weighted by Crippen LogP contribution is -2.35. The van der Waals surface area contributed by atoms with Crippen molar-refractivity contribution in [3.05, 3.63) is 64.4 Å². The SMILES string of the molecule is Cc1c(Cl)cccc1NC(=O)C(=O)NCc1ccc(F)cc1. The van der Waals surface area contributed by atoms with E-state index < -0.39 is 11.8 Å². The summed E-state index contributed by atoms with van der Waals surface area (Å²) in [5, 5.41) is 5.47. The van der Waals surface area contributed by atoms with Gasteiger partial charge in [0.1, 0.15) is 5.82 Å². The van der Waals surface area contributed by atoms with Crippen LogP contribution < -0.4 is 10.6 Å². The molecule has 0 heterocycles. The van der Waals surface area contributed by atoms with Gasteiger partial charge in [-0.1, -0.05) is 29.8 Å². The monoisotopic (exact) mass is 320 g/mol. The maximum absolute atomic E-state index is 12.8. The summed E-state index contributed by atoms with van der Waals surface area (Å²) < 4.78 is 12.8. The maximum atomic E-state index is 12.8. The molecule has 2 amide bonds. The van der Waals surface area contributed by atoms with Crippen LogP contribution >= 0.6 is 11.6 Å². The van der Waals surface area contributed by atoms with Crippen molar-refractivity contribution < 1.29 is 14.0 Å². The van der Waals surface area contributed by atoms with Gasteiger partial charge in [0, 0.05) is 17.3 Å². The van der Waals surface area contributed by atoms with Crippen LogP contribution in [0.4, 0.5) is 10.1 Å². The quantitative estimate of drug-likeness (QED) is 0.854. The first-order chi connectivity index (χ1) is 10.5. The number of halogens is 2. The van der Waals surface area contributed by atoms with Crippen molar-refractivity contribution in [1.29, 1.82) is 0 Å². The molecule has 0 fully saturated rings. The first-order valence-electron chi connectivity index (χ1n) is 6.56. The van der Waals surface area contributed by atoms with Crippen molar-refractivity contribution in [2.24, 2.45) is 0 Å². The van der Waals surface area contributed by atoms with E-state index in [9.17, 15) is 14.0 Å². The molecule has 0 spiro atoms. The van der Waals surface area contributed by atoms with E-state index in [2.05, 4.69) is 10.6 Å². The van der Waals surface area contributed by atoms with Crippen LogP contribution in [0.25, 0.3) is 0 Å². The molecule has 0 aliphatic carbocycles. The predicted molar refractivity (Wildman–Crippen MR) is 83.1 cm³/mol. The summed E-state index contributed by atoms with van der Waals surface area (Å²) in [6.07, 6.45) is 0. The third-order valence-electron chi connectivity index (χ3n) is 3.09. The van der Waals surface area contributed by atoms with Gasteiger partial charge >= 0.3 is 11.8 Å². The Kier molecular flexibility index (Phi) is 5.12. The molecule has 2 N–H and O–H groups in total. The second-order valence-corrected chi connectivity index (χ2v) is 5.08. The van der Waals surface area contributed by atoms with Crippen LogP contribution in [0.2, 0.25) is 5.02 Å². The van der Waals surface area contributed by atoms with Gasteiger partial charge in [0.15, 0.2) is 0 Å². The molecule has 0 bridgehead atoms. The number of amides is 2. The second kappa shape index (κ2) is 7.04. The van der Waals surface area contributed by atoms with Crippen molar-refractivity contribution in [3.8, 4) is 0 Å². The van der Waals surface area contributed by atoms with Crippen molar-refractivity contribution in [1.82, 2.24) is 5.32 Å². The van der Waals surface area contributed by atoms with E-state index in [-0.39, 0.29) is 12.4 Å². The standard InChI is InChI=1S/C16H14ClFN2O2/c1-10-13(17)3-2-4-14(10)20-16(22)15(21)19-9-11-5-7-12(18)8-6-11/h2-8H,9H2,1H3,(H,19,21)(H,20,22). The molecule has 0 aliphatic heterocycles. The van der Waals surface area contributed by atoms with Gasteiger partial charge < -0.3 is 10.6 Å². The highest BCUT2D eigenvalue weighted by molar-refractivity contribution is 6.40. The Bertz CT molecular complexity index is 702. The van der Waals surface area contributed by atoms with Crippen molar-refractivity contribution in [2.75, 3.05) is 5.32 Å². The molecule has 0 saturated carbocycles. The van der Waals surface area contributed by atoms with Crippen LogP contribution in [0.5, 0.6) is 0 Å². The number of anilines is 1. The normalized spacial score (nSPS) is 10.1. The largest absolute Gasteiger partial charge is 0.344 e. The van der Waals surface area contributed by atoms with Crippen LogP contribution in [0, 0.1) is 12.7 Å². The van der Waals surface area contributed by atoms with Gasteiger partial charge in [0.25, 0.3) is 0 Å². The summed E-state index contributed by atoms with van der Waals surface area (Å²) in [5.41, 5.74) is 1.86. The Balaban J connectivity index is 1.93. The van der Waals surface area contributed by atoms with Crippen LogP contribution in [0.15, 0.2) is 42.5 Å². The van der Waals surface area contributed by atoms with Crippen molar-refractivity contribution in [3.63, 3.8) is 0 Å². The zero-order valence-corrected chi connectivity index (χ0v) is 12.6. The highest BCUT2D eigenvalue weighted by atomic mass is 35.5. The van der Waals surface area contributed by atoms with Gasteiger partial charge in [-0.3, -0.25) is 9.59 Å². The molecule has 0 radical (unpaired) electrons. The van der Waals surface area contributed by atoms with Crippen LogP contribution in [0.3, 0.4) is 0 Å². The predicted octanol–water partition coefficient (Wildman–Crippen LogP) is 3.04. The lowest BCUT2D eigenvalue weighted by molar-refractivity contribution is -0.136. The fourth-order valence-electron chi connectivity index (χ4n) is 1.79. The lowest BCUT2D eigenvalue weighted by atomic mass is 10.2. The number of benzene rings is 2. The Morgan fingerprint density at radius 1 is 1.09 bits per heavy atom. The molecule has 0 atom stereocenters. The van der Waals surface area contributed by atoms with Gasteiger partial charge in [-0.25, -0.2) is 4.39 Å². The first-order valence-corrected chi connectivity index (χ1v) is 6.94. The maximum Gasteiger partial charge on any atom is 0.313 e. The smallest absolute Gasteiger partial charge is 0.313 e. The molecule has 2 aromatic carbocycles. The topological polar surface area (TPSA) is 58.2 Å². The van der Waals surface area contributed by atoms with E-state index in [1.165, 1.54) is 24.3 Å². The minimum Gasteiger partial charge on any atom is -0.344 e. The molecule has 22 heavy (non-hydrogen) atoms. The minimum atomic E-state index is -0.785. The molecular weight excluding hydrogens is 307 g/mol. The number of carbonyl (C=O) groups excluding carboxylic acids is 2. The van der Waals surface area contributed by atoms with E-state index in [1.54, 1.807) is 25.1 Å². The van der Waals surface area contributed by atoms with E-state index in [1.807, 2.05) is 0 Å². The summed E-state index contributed by atoms with van der Waals surface area (Å²) >= 11 is 5.95. The molecule has 2 rings (SSSR count). The second-order valence-electron chi connectivity index (χ2n) is 4.68. The van der Waals surface area contributed by atoms with Crippen LogP contribution in [-0.2, 0) is 16.1 Å². The van der Waals surface area contributed by atoms with Gasteiger partial charge in [-0.2, -0.15) is 0 Å². The first kappa shape index (κ1) is 16.0. The summed E-state index contributed by atoms with van der Waals surface area (Å²) in [4.78, 5) is 23.6. The Morgan fingerprint density at radius 3 is 2.45 bits per heavy atom. The number of nitrogens with one attached hydrogen (secondary N) is 2. The summed E-state index contributed by atoms with van der Waals surface area (Å²) in [6.45, 7) is 1.88. The van der Waals surface area contributed by atoms with Crippen molar-refractivity contribution >= 4 is 29.1 Å². The molecule has 0 aliphatic rings. The van der Waals surface area contributed by atoms with Crippen LogP contribution in [0.1, 0.15) is 11.1 Å². The fraction of sp³-hybridized carbons (Fsp3) is 0.125. The zero-order chi connectivity index (χ0) is 16.1. The van der Waals surface area contributed by atoms with Gasteiger partial charge in [0.2, 0.25) is 0 Å². The molecular formula is C16H14ClFN2O2. The average molecular weight is 321 g/mol. The van der Waals surface area contributed by atoms with E-state index in [0.717, 1.165) is 0 Å². The molecule has 114 valence electrons. The number of rotatable bonds is 3. The van der Waals surface area contributed by atoms with Gasteiger partial charge in [-0.15, -0.1) is 0 Å². The zero-order valence-electron chi connectivity index (χ0n) is 11.8.